The standard InChI is InChI=1S/C18H28N2O3S/c1-13-8-9-15(3)17(11-13)20(24(5,22)23)16(4)18(21)19-10-6-7-14(2)12-19/h8-9,11,14,16H,6-7,10,12H2,1-5H3/t14-,16-/m0/s1. The van der Waals surface area contributed by atoms with Crippen molar-refractivity contribution in [1.82, 2.24) is 4.90 Å². The lowest BCUT2D eigenvalue weighted by Crippen LogP contribution is -2.51. The molecule has 1 heterocycles. The van der Waals surface area contributed by atoms with Crippen molar-refractivity contribution in [3.63, 3.8) is 0 Å². The van der Waals surface area contributed by atoms with E-state index in [0.717, 1.165) is 30.2 Å². The molecule has 1 aromatic rings. The van der Waals surface area contributed by atoms with Gasteiger partial charge >= 0.3 is 0 Å². The van der Waals surface area contributed by atoms with Crippen LogP contribution in [-0.4, -0.2) is 44.6 Å². The summed E-state index contributed by atoms with van der Waals surface area (Å²) in [5.41, 5.74) is 2.40. The van der Waals surface area contributed by atoms with Gasteiger partial charge in [-0.15, -0.1) is 0 Å². The van der Waals surface area contributed by atoms with Crippen LogP contribution < -0.4 is 4.31 Å². The van der Waals surface area contributed by atoms with Gasteiger partial charge in [-0.3, -0.25) is 9.10 Å². The summed E-state index contributed by atoms with van der Waals surface area (Å²) in [6, 6.07) is 4.92. The average Bonchev–Trinajstić information content (AvgIpc) is 2.48. The number of piperidine rings is 1. The van der Waals surface area contributed by atoms with Crippen molar-refractivity contribution in [2.24, 2.45) is 5.92 Å². The number of anilines is 1. The largest absolute Gasteiger partial charge is 0.341 e. The Morgan fingerprint density at radius 2 is 2.00 bits per heavy atom. The Morgan fingerprint density at radius 1 is 1.33 bits per heavy atom. The number of nitrogens with zero attached hydrogens (tertiary/aromatic N) is 2. The molecular formula is C18H28N2O3S. The van der Waals surface area contributed by atoms with Crippen LogP contribution in [0.5, 0.6) is 0 Å². The van der Waals surface area contributed by atoms with E-state index in [1.807, 2.05) is 36.9 Å². The maximum Gasteiger partial charge on any atom is 0.246 e. The number of carbonyl (C=O) groups is 1. The Balaban J connectivity index is 2.38. The second kappa shape index (κ2) is 7.13. The van der Waals surface area contributed by atoms with Crippen molar-refractivity contribution in [2.45, 2.75) is 46.6 Å². The monoisotopic (exact) mass is 352 g/mol. The fraction of sp³-hybridized carbons (Fsp3) is 0.611. The van der Waals surface area contributed by atoms with Crippen LogP contribution in [0.3, 0.4) is 0 Å². The van der Waals surface area contributed by atoms with Crippen molar-refractivity contribution in [1.29, 1.82) is 0 Å². The molecule has 2 atom stereocenters. The molecule has 24 heavy (non-hydrogen) atoms. The topological polar surface area (TPSA) is 57.7 Å². The van der Waals surface area contributed by atoms with Crippen molar-refractivity contribution >= 4 is 21.6 Å². The number of hydrogen-bond acceptors (Lipinski definition) is 3. The third kappa shape index (κ3) is 4.09. The SMILES string of the molecule is Cc1ccc(C)c(N([C@@H](C)C(=O)N2CCC[C@H](C)C2)S(C)(=O)=O)c1. The van der Waals surface area contributed by atoms with E-state index in [-0.39, 0.29) is 5.91 Å². The van der Waals surface area contributed by atoms with Crippen LogP contribution in [0.2, 0.25) is 0 Å². The van der Waals surface area contributed by atoms with E-state index in [1.54, 1.807) is 6.92 Å². The zero-order chi connectivity index (χ0) is 18.1. The van der Waals surface area contributed by atoms with Gasteiger partial charge in [-0.25, -0.2) is 8.42 Å². The second-order valence-electron chi connectivity index (χ2n) is 7.06. The summed E-state index contributed by atoms with van der Waals surface area (Å²) in [6.45, 7) is 9.01. The predicted octanol–water partition coefficient (Wildman–Crippen LogP) is 2.72. The molecule has 0 aliphatic carbocycles. The molecular weight excluding hydrogens is 324 g/mol. The maximum absolute atomic E-state index is 12.9. The molecule has 2 rings (SSSR count). The molecule has 0 bridgehead atoms. The lowest BCUT2D eigenvalue weighted by Gasteiger charge is -2.36. The van der Waals surface area contributed by atoms with E-state index in [1.165, 1.54) is 4.31 Å². The highest BCUT2D eigenvalue weighted by Gasteiger charge is 2.34. The molecule has 0 aromatic heterocycles. The first-order valence-corrected chi connectivity index (χ1v) is 10.3. The Bertz CT molecular complexity index is 715. The third-order valence-electron chi connectivity index (χ3n) is 4.64. The van der Waals surface area contributed by atoms with E-state index in [4.69, 9.17) is 0 Å². The molecule has 1 amide bonds. The number of amides is 1. The summed E-state index contributed by atoms with van der Waals surface area (Å²) in [4.78, 5) is 14.7. The van der Waals surface area contributed by atoms with Gasteiger partial charge in [0.05, 0.1) is 11.9 Å². The Labute approximate surface area is 145 Å². The van der Waals surface area contributed by atoms with Gasteiger partial charge in [0.15, 0.2) is 0 Å². The predicted molar refractivity (Wildman–Crippen MR) is 97.7 cm³/mol. The zero-order valence-corrected chi connectivity index (χ0v) is 16.1. The van der Waals surface area contributed by atoms with E-state index in [9.17, 15) is 13.2 Å². The maximum atomic E-state index is 12.9. The van der Waals surface area contributed by atoms with E-state index >= 15 is 0 Å². The molecule has 0 N–H and O–H groups in total. The summed E-state index contributed by atoms with van der Waals surface area (Å²) in [5, 5.41) is 0. The molecule has 5 nitrogen and oxygen atoms in total. The summed E-state index contributed by atoms with van der Waals surface area (Å²) < 4.78 is 26.2. The average molecular weight is 353 g/mol. The van der Waals surface area contributed by atoms with E-state index in [0.29, 0.717) is 24.7 Å². The smallest absolute Gasteiger partial charge is 0.246 e. The Morgan fingerprint density at radius 3 is 2.58 bits per heavy atom. The summed E-state index contributed by atoms with van der Waals surface area (Å²) in [5.74, 6) is 0.343. The summed E-state index contributed by atoms with van der Waals surface area (Å²) in [7, 11) is -3.57. The van der Waals surface area contributed by atoms with Gasteiger partial charge in [-0.2, -0.15) is 0 Å². The number of carbonyl (C=O) groups excluding carboxylic acids is 1. The quantitative estimate of drug-likeness (QED) is 0.837. The normalized spacial score (nSPS) is 19.9. The minimum absolute atomic E-state index is 0.118. The highest BCUT2D eigenvalue weighted by atomic mass is 32.2. The molecule has 0 saturated carbocycles. The van der Waals surface area contributed by atoms with E-state index in [2.05, 4.69) is 6.92 Å². The van der Waals surface area contributed by atoms with Gasteiger partial charge in [0.2, 0.25) is 15.9 Å². The van der Waals surface area contributed by atoms with Crippen LogP contribution in [0.15, 0.2) is 18.2 Å². The molecule has 0 unspecified atom stereocenters. The first kappa shape index (κ1) is 18.8. The van der Waals surface area contributed by atoms with E-state index < -0.39 is 16.1 Å². The van der Waals surface area contributed by atoms with Crippen LogP contribution in [0, 0.1) is 19.8 Å². The highest BCUT2D eigenvalue weighted by molar-refractivity contribution is 7.92. The zero-order valence-electron chi connectivity index (χ0n) is 15.2. The third-order valence-corrected chi connectivity index (χ3v) is 5.86. The van der Waals surface area contributed by atoms with Gasteiger partial charge in [-0.1, -0.05) is 19.1 Å². The minimum Gasteiger partial charge on any atom is -0.341 e. The van der Waals surface area contributed by atoms with Crippen LogP contribution in [0.4, 0.5) is 5.69 Å². The molecule has 6 heteroatoms. The van der Waals surface area contributed by atoms with Gasteiger partial charge in [0, 0.05) is 13.1 Å². The Hall–Kier alpha value is -1.56. The van der Waals surface area contributed by atoms with Crippen molar-refractivity contribution in [3.05, 3.63) is 29.3 Å². The molecule has 1 fully saturated rings. The van der Waals surface area contributed by atoms with Crippen molar-refractivity contribution in [3.8, 4) is 0 Å². The minimum atomic E-state index is -3.57. The van der Waals surface area contributed by atoms with Gasteiger partial charge in [-0.05, 0) is 56.7 Å². The van der Waals surface area contributed by atoms with Crippen molar-refractivity contribution in [2.75, 3.05) is 23.7 Å². The van der Waals surface area contributed by atoms with Gasteiger partial charge in [0.25, 0.3) is 0 Å². The number of aryl methyl sites for hydroxylation is 2. The van der Waals surface area contributed by atoms with Crippen LogP contribution in [0.1, 0.15) is 37.8 Å². The number of likely N-dealkylation sites (tertiary alicyclic amines) is 1. The van der Waals surface area contributed by atoms with Crippen molar-refractivity contribution < 1.29 is 13.2 Å². The lowest BCUT2D eigenvalue weighted by molar-refractivity contribution is -0.133. The number of sulfonamides is 1. The lowest BCUT2D eigenvalue weighted by atomic mass is 9.99. The van der Waals surface area contributed by atoms with Crippen LogP contribution >= 0.6 is 0 Å². The van der Waals surface area contributed by atoms with Gasteiger partial charge < -0.3 is 4.90 Å². The number of rotatable bonds is 4. The molecule has 0 radical (unpaired) electrons. The van der Waals surface area contributed by atoms with Gasteiger partial charge in [0.1, 0.15) is 6.04 Å². The molecule has 1 saturated heterocycles. The molecule has 1 aliphatic rings. The number of benzene rings is 1. The molecule has 134 valence electrons. The van der Waals surface area contributed by atoms with Crippen LogP contribution in [-0.2, 0) is 14.8 Å². The summed E-state index contributed by atoms with van der Waals surface area (Å²) >= 11 is 0. The molecule has 0 spiro atoms. The first-order chi connectivity index (χ1) is 11.1. The fourth-order valence-electron chi connectivity index (χ4n) is 3.39. The van der Waals surface area contributed by atoms with Crippen LogP contribution in [0.25, 0.3) is 0 Å². The molecule has 1 aliphatic heterocycles. The molecule has 1 aromatic carbocycles. The second-order valence-corrected chi connectivity index (χ2v) is 8.92. The number of hydrogen-bond donors (Lipinski definition) is 0. The Kier molecular flexibility index (Phi) is 5.58. The highest BCUT2D eigenvalue weighted by Crippen LogP contribution is 2.27. The summed E-state index contributed by atoms with van der Waals surface area (Å²) in [6.07, 6.45) is 3.25. The first-order valence-electron chi connectivity index (χ1n) is 8.46. The fourth-order valence-corrected chi connectivity index (χ4v) is 4.60.